The van der Waals surface area contributed by atoms with Crippen molar-refractivity contribution in [3.05, 3.63) is 59.1 Å². The van der Waals surface area contributed by atoms with E-state index in [-0.39, 0.29) is 30.9 Å². The molecule has 140 valence electrons. The van der Waals surface area contributed by atoms with Crippen LogP contribution in [0.3, 0.4) is 0 Å². The second kappa shape index (κ2) is 7.68. The molecule has 0 spiro atoms. The Morgan fingerprint density at radius 1 is 1.15 bits per heavy atom. The summed E-state index contributed by atoms with van der Waals surface area (Å²) in [6, 6.07) is 15.1. The molecular weight excluding hydrogens is 364 g/mol. The van der Waals surface area contributed by atoms with Gasteiger partial charge in [0.05, 0.1) is 17.9 Å². The normalized spacial score (nSPS) is 20.1. The van der Waals surface area contributed by atoms with Crippen LogP contribution in [0.5, 0.6) is 0 Å². The lowest BCUT2D eigenvalue weighted by atomic mass is 10.0. The number of nitrogens with one attached hydrogen (secondary N) is 2. The monoisotopic (exact) mass is 384 g/mol. The van der Waals surface area contributed by atoms with Crippen LogP contribution in [0.1, 0.15) is 11.6 Å². The number of piperazine rings is 1. The minimum Gasteiger partial charge on any atom is -0.323 e. The maximum atomic E-state index is 13.1. The Kier molecular flexibility index (Phi) is 5.11. The Balaban J connectivity index is 1.56. The summed E-state index contributed by atoms with van der Waals surface area (Å²) in [7, 11) is 0. The highest BCUT2D eigenvalue weighted by Crippen LogP contribution is 2.31. The van der Waals surface area contributed by atoms with Crippen LogP contribution in [0.15, 0.2) is 48.5 Å². The van der Waals surface area contributed by atoms with E-state index in [2.05, 4.69) is 15.5 Å². The minimum absolute atomic E-state index is 0.0188. The number of nitrogens with zero attached hydrogens (tertiary/aromatic N) is 2. The highest BCUT2D eigenvalue weighted by molar-refractivity contribution is 6.31. The van der Waals surface area contributed by atoms with Crippen LogP contribution in [-0.2, 0) is 9.59 Å². The fourth-order valence-electron chi connectivity index (χ4n) is 3.70. The molecule has 2 amide bonds. The van der Waals surface area contributed by atoms with Crippen molar-refractivity contribution >= 4 is 34.8 Å². The molecule has 1 atom stereocenters. The number of rotatable bonds is 3. The Hall–Kier alpha value is -2.41. The molecule has 2 heterocycles. The van der Waals surface area contributed by atoms with Crippen LogP contribution >= 0.6 is 11.6 Å². The van der Waals surface area contributed by atoms with Gasteiger partial charge in [0.1, 0.15) is 6.54 Å². The molecule has 2 aliphatic heterocycles. The Morgan fingerprint density at radius 3 is 2.78 bits per heavy atom. The van der Waals surface area contributed by atoms with E-state index in [0.29, 0.717) is 10.7 Å². The Morgan fingerprint density at radius 2 is 1.93 bits per heavy atom. The third kappa shape index (κ3) is 3.69. The van der Waals surface area contributed by atoms with Gasteiger partial charge in [-0.3, -0.25) is 19.4 Å². The van der Waals surface area contributed by atoms with E-state index in [1.807, 2.05) is 48.5 Å². The van der Waals surface area contributed by atoms with Gasteiger partial charge in [-0.05, 0) is 23.8 Å². The van der Waals surface area contributed by atoms with Gasteiger partial charge in [-0.1, -0.05) is 41.9 Å². The molecule has 2 aliphatic rings. The zero-order valence-electron chi connectivity index (χ0n) is 14.8. The first kappa shape index (κ1) is 18.0. The van der Waals surface area contributed by atoms with E-state index in [4.69, 9.17) is 11.6 Å². The summed E-state index contributed by atoms with van der Waals surface area (Å²) < 4.78 is 0. The molecule has 7 heteroatoms. The average molecular weight is 385 g/mol. The number of anilines is 2. The Labute approximate surface area is 163 Å². The maximum absolute atomic E-state index is 13.1. The zero-order chi connectivity index (χ0) is 18.8. The Bertz CT molecular complexity index is 873. The molecule has 1 saturated heterocycles. The molecule has 2 N–H and O–H groups in total. The summed E-state index contributed by atoms with van der Waals surface area (Å²) in [5.41, 5.74) is 2.42. The largest absolute Gasteiger partial charge is 0.323 e. The van der Waals surface area contributed by atoms with Crippen molar-refractivity contribution in [3.63, 3.8) is 0 Å². The van der Waals surface area contributed by atoms with E-state index in [1.54, 1.807) is 4.90 Å². The fraction of sp³-hybridized carbons (Fsp3) is 0.300. The van der Waals surface area contributed by atoms with Crippen LogP contribution < -0.4 is 15.5 Å². The van der Waals surface area contributed by atoms with Gasteiger partial charge in [-0.25, -0.2) is 0 Å². The first-order valence-electron chi connectivity index (χ1n) is 9.02. The molecule has 0 saturated carbocycles. The molecular formula is C20H21ClN4O2. The third-order valence-corrected chi connectivity index (χ3v) is 5.37. The zero-order valence-corrected chi connectivity index (χ0v) is 15.6. The molecule has 0 bridgehead atoms. The number of amides is 2. The second-order valence-electron chi connectivity index (χ2n) is 6.76. The molecule has 4 rings (SSSR count). The first-order chi connectivity index (χ1) is 13.1. The summed E-state index contributed by atoms with van der Waals surface area (Å²) in [5.74, 6) is -0.263. The van der Waals surface area contributed by atoms with E-state index in [0.717, 1.165) is 30.9 Å². The van der Waals surface area contributed by atoms with Gasteiger partial charge in [0.2, 0.25) is 11.8 Å². The maximum Gasteiger partial charge on any atom is 0.244 e. The van der Waals surface area contributed by atoms with E-state index in [9.17, 15) is 9.59 Å². The van der Waals surface area contributed by atoms with Gasteiger partial charge in [0.15, 0.2) is 0 Å². The SMILES string of the molecule is O=C1CN(C(=O)CN2CCNCC2c2ccccc2Cl)c2ccccc2N1. The average Bonchev–Trinajstić information content (AvgIpc) is 2.68. The number of hydrogen-bond acceptors (Lipinski definition) is 4. The quantitative estimate of drug-likeness (QED) is 0.852. The molecule has 27 heavy (non-hydrogen) atoms. The number of carbonyl (C=O) groups is 2. The highest BCUT2D eigenvalue weighted by Gasteiger charge is 2.31. The lowest BCUT2D eigenvalue weighted by Crippen LogP contribution is -2.52. The van der Waals surface area contributed by atoms with E-state index < -0.39 is 0 Å². The van der Waals surface area contributed by atoms with Gasteiger partial charge in [0.25, 0.3) is 0 Å². The molecule has 2 aromatic rings. The topological polar surface area (TPSA) is 64.7 Å². The number of hydrogen-bond donors (Lipinski definition) is 2. The standard InChI is InChI=1S/C20H21ClN4O2/c21-15-6-2-1-5-14(15)18-11-22-9-10-24(18)13-20(27)25-12-19(26)23-16-7-3-4-8-17(16)25/h1-8,18,22H,9-13H2,(H,23,26). The molecule has 1 fully saturated rings. The molecule has 0 aliphatic carbocycles. The van der Waals surface area contributed by atoms with Crippen LogP contribution in [0.4, 0.5) is 11.4 Å². The number of carbonyl (C=O) groups excluding carboxylic acids is 2. The van der Waals surface area contributed by atoms with Crippen molar-refractivity contribution in [1.29, 1.82) is 0 Å². The lowest BCUT2D eigenvalue weighted by molar-refractivity contribution is -0.123. The molecule has 0 radical (unpaired) electrons. The van der Waals surface area contributed by atoms with Crippen molar-refractivity contribution < 1.29 is 9.59 Å². The number of halogens is 1. The van der Waals surface area contributed by atoms with Crippen molar-refractivity contribution in [1.82, 2.24) is 10.2 Å². The van der Waals surface area contributed by atoms with Crippen molar-refractivity contribution in [3.8, 4) is 0 Å². The molecule has 1 unspecified atom stereocenters. The van der Waals surface area contributed by atoms with Crippen molar-refractivity contribution in [2.45, 2.75) is 6.04 Å². The molecule has 6 nitrogen and oxygen atoms in total. The van der Waals surface area contributed by atoms with Gasteiger partial charge in [-0.2, -0.15) is 0 Å². The highest BCUT2D eigenvalue weighted by atomic mass is 35.5. The summed E-state index contributed by atoms with van der Waals surface area (Å²) in [6.45, 7) is 2.56. The number of para-hydroxylation sites is 2. The number of fused-ring (bicyclic) bond motifs is 1. The van der Waals surface area contributed by atoms with Crippen LogP contribution in [-0.4, -0.2) is 49.4 Å². The van der Waals surface area contributed by atoms with Crippen LogP contribution in [0, 0.1) is 0 Å². The number of benzene rings is 2. The van der Waals surface area contributed by atoms with Crippen LogP contribution in [0.25, 0.3) is 0 Å². The summed E-state index contributed by atoms with van der Waals surface area (Å²) in [6.07, 6.45) is 0. The van der Waals surface area contributed by atoms with Crippen LogP contribution in [0.2, 0.25) is 5.02 Å². The van der Waals surface area contributed by atoms with E-state index in [1.165, 1.54) is 0 Å². The van der Waals surface area contributed by atoms with E-state index >= 15 is 0 Å². The van der Waals surface area contributed by atoms with Gasteiger partial charge in [-0.15, -0.1) is 0 Å². The van der Waals surface area contributed by atoms with Crippen molar-refractivity contribution in [2.24, 2.45) is 0 Å². The minimum atomic E-state index is -0.176. The summed E-state index contributed by atoms with van der Waals surface area (Å²) in [4.78, 5) is 28.8. The fourth-order valence-corrected chi connectivity index (χ4v) is 3.96. The second-order valence-corrected chi connectivity index (χ2v) is 7.16. The third-order valence-electron chi connectivity index (χ3n) is 5.03. The lowest BCUT2D eigenvalue weighted by Gasteiger charge is -2.38. The summed E-state index contributed by atoms with van der Waals surface area (Å²) >= 11 is 6.39. The van der Waals surface area contributed by atoms with Gasteiger partial charge >= 0.3 is 0 Å². The summed E-state index contributed by atoms with van der Waals surface area (Å²) in [5, 5.41) is 6.89. The predicted molar refractivity (Wildman–Crippen MR) is 106 cm³/mol. The van der Waals surface area contributed by atoms with Crippen molar-refractivity contribution in [2.75, 3.05) is 42.9 Å². The predicted octanol–water partition coefficient (Wildman–Crippen LogP) is 2.27. The smallest absolute Gasteiger partial charge is 0.244 e. The van der Waals surface area contributed by atoms with Gasteiger partial charge < -0.3 is 10.6 Å². The van der Waals surface area contributed by atoms with Gasteiger partial charge in [0, 0.05) is 30.7 Å². The first-order valence-corrected chi connectivity index (χ1v) is 9.40. The molecule has 0 aromatic heterocycles. The molecule has 2 aromatic carbocycles.